The Bertz CT molecular complexity index is 891. The number of hydrogen-bond donors (Lipinski definition) is 2. The predicted molar refractivity (Wildman–Crippen MR) is 234 cm³/mol. The summed E-state index contributed by atoms with van der Waals surface area (Å²) in [6, 6.07) is 0. The third-order valence-corrected chi connectivity index (χ3v) is 11.7. The second-order valence-corrected chi connectivity index (χ2v) is 17.8. The molecular weight excluding hydrogens is 725 g/mol. The van der Waals surface area contributed by atoms with E-state index in [9.17, 15) is 19.0 Å². The smallest absolute Gasteiger partial charge is 0.462 e. The molecule has 0 amide bonds. The molecule has 0 radical (unpaired) electrons. The third kappa shape index (κ3) is 42.6. The highest BCUT2D eigenvalue weighted by Gasteiger charge is 2.26. The number of rotatable bonds is 46. The maximum absolute atomic E-state index is 12.5. The lowest BCUT2D eigenvalue weighted by molar-refractivity contribution is -0.161. The van der Waals surface area contributed by atoms with Crippen molar-refractivity contribution in [3.05, 3.63) is 0 Å². The van der Waals surface area contributed by atoms with Gasteiger partial charge in [-0.15, -0.1) is 0 Å². The van der Waals surface area contributed by atoms with E-state index in [-0.39, 0.29) is 38.6 Å². The fourth-order valence-electron chi connectivity index (χ4n) is 7.17. The van der Waals surface area contributed by atoms with Crippen molar-refractivity contribution in [2.75, 3.05) is 26.4 Å². The van der Waals surface area contributed by atoms with Crippen molar-refractivity contribution in [3.8, 4) is 0 Å². The highest BCUT2D eigenvalue weighted by Crippen LogP contribution is 2.43. The van der Waals surface area contributed by atoms with Gasteiger partial charge in [-0.1, -0.05) is 226 Å². The number of unbranched alkanes of at least 4 members (excludes halogenated alkanes) is 33. The normalized spacial score (nSPS) is 13.1. The molecule has 0 aromatic rings. The summed E-state index contributed by atoms with van der Waals surface area (Å²) >= 11 is 0. The summed E-state index contributed by atoms with van der Waals surface area (Å²) in [4.78, 5) is 34.6. The molecule has 0 spiro atoms. The lowest BCUT2D eigenvalue weighted by Crippen LogP contribution is -2.29. The van der Waals surface area contributed by atoms with Gasteiger partial charge >= 0.3 is 19.8 Å². The van der Waals surface area contributed by atoms with Gasteiger partial charge in [0, 0.05) is 19.4 Å². The average molecular weight is 818 g/mol. The molecule has 0 rings (SSSR count). The van der Waals surface area contributed by atoms with Crippen molar-refractivity contribution < 1.29 is 37.6 Å². The van der Waals surface area contributed by atoms with Crippen LogP contribution >= 0.6 is 7.82 Å². The van der Waals surface area contributed by atoms with Crippen molar-refractivity contribution in [1.82, 2.24) is 0 Å². The standard InChI is InChI=1S/C46H92NO8P/c1-3-5-7-9-11-12-13-14-15-16-17-18-19-20-21-22-23-24-25-26-27-28-29-30-31-32-33-35-37-39-46(49)55-44(43-54-56(50,51)53-41-40-47)42-52-45(48)38-36-34-10-8-6-4-2/h44H,3-43,47H2,1-2H3,(H,50,51). The highest BCUT2D eigenvalue weighted by molar-refractivity contribution is 7.47. The van der Waals surface area contributed by atoms with Crippen LogP contribution in [0.1, 0.15) is 251 Å². The van der Waals surface area contributed by atoms with Crippen LogP contribution in [-0.2, 0) is 32.7 Å². The summed E-state index contributed by atoms with van der Waals surface area (Å²) in [5.41, 5.74) is 5.33. The Kier molecular flexibility index (Phi) is 42.8. The first-order chi connectivity index (χ1) is 27.3. The Labute approximate surface area is 346 Å². The van der Waals surface area contributed by atoms with Gasteiger partial charge in [0.1, 0.15) is 6.61 Å². The molecule has 3 N–H and O–H groups in total. The molecule has 2 unspecified atom stereocenters. The van der Waals surface area contributed by atoms with E-state index in [1.807, 2.05) is 0 Å². The molecule has 9 nitrogen and oxygen atoms in total. The molecule has 0 aliphatic carbocycles. The quantitative estimate of drug-likeness (QED) is 0.0350. The Balaban J connectivity index is 3.75. The number of carbonyl (C=O) groups is 2. The van der Waals surface area contributed by atoms with Crippen LogP contribution in [0.4, 0.5) is 0 Å². The van der Waals surface area contributed by atoms with E-state index in [1.165, 1.54) is 180 Å². The van der Waals surface area contributed by atoms with Crippen LogP contribution in [0.3, 0.4) is 0 Å². The first-order valence-corrected chi connectivity index (χ1v) is 25.5. The van der Waals surface area contributed by atoms with Crippen LogP contribution in [0.5, 0.6) is 0 Å². The summed E-state index contributed by atoms with van der Waals surface area (Å²) in [6.45, 7) is 3.70. The van der Waals surface area contributed by atoms with Gasteiger partial charge in [0.25, 0.3) is 0 Å². The Morgan fingerprint density at radius 1 is 0.464 bits per heavy atom. The molecule has 10 heteroatoms. The number of hydrogen-bond acceptors (Lipinski definition) is 8. The van der Waals surface area contributed by atoms with Crippen LogP contribution in [0.15, 0.2) is 0 Å². The van der Waals surface area contributed by atoms with Crippen LogP contribution < -0.4 is 5.73 Å². The maximum Gasteiger partial charge on any atom is 0.472 e. The second kappa shape index (κ2) is 43.6. The Hall–Kier alpha value is -0.990. The van der Waals surface area contributed by atoms with E-state index in [0.717, 1.165) is 38.5 Å². The molecule has 0 aliphatic rings. The fourth-order valence-corrected chi connectivity index (χ4v) is 7.93. The number of esters is 2. The van der Waals surface area contributed by atoms with Gasteiger partial charge in [0.15, 0.2) is 6.10 Å². The van der Waals surface area contributed by atoms with E-state index in [2.05, 4.69) is 13.8 Å². The Morgan fingerprint density at radius 2 is 0.768 bits per heavy atom. The molecule has 0 aromatic carbocycles. The molecule has 56 heavy (non-hydrogen) atoms. The van der Waals surface area contributed by atoms with Crippen molar-refractivity contribution in [2.24, 2.45) is 5.73 Å². The summed E-state index contributed by atoms with van der Waals surface area (Å²) in [7, 11) is -4.36. The zero-order chi connectivity index (χ0) is 41.1. The van der Waals surface area contributed by atoms with E-state index in [1.54, 1.807) is 0 Å². The van der Waals surface area contributed by atoms with Crippen molar-refractivity contribution in [2.45, 2.75) is 258 Å². The van der Waals surface area contributed by atoms with E-state index in [0.29, 0.717) is 6.42 Å². The lowest BCUT2D eigenvalue weighted by Gasteiger charge is -2.19. The molecule has 0 aliphatic heterocycles. The first kappa shape index (κ1) is 55.0. The van der Waals surface area contributed by atoms with Gasteiger partial charge in [0.05, 0.1) is 13.2 Å². The molecule has 0 heterocycles. The van der Waals surface area contributed by atoms with Gasteiger partial charge in [-0.25, -0.2) is 4.57 Å². The first-order valence-electron chi connectivity index (χ1n) is 24.0. The number of ether oxygens (including phenoxy) is 2. The van der Waals surface area contributed by atoms with Crippen molar-refractivity contribution in [3.63, 3.8) is 0 Å². The topological polar surface area (TPSA) is 134 Å². The second-order valence-electron chi connectivity index (χ2n) is 16.3. The summed E-state index contributed by atoms with van der Waals surface area (Å²) in [5, 5.41) is 0. The molecule has 334 valence electrons. The van der Waals surface area contributed by atoms with Crippen LogP contribution in [0.2, 0.25) is 0 Å². The largest absolute Gasteiger partial charge is 0.472 e. The number of phosphoric acid groups is 1. The van der Waals surface area contributed by atoms with Gasteiger partial charge in [0.2, 0.25) is 0 Å². The minimum Gasteiger partial charge on any atom is -0.462 e. The average Bonchev–Trinajstić information content (AvgIpc) is 3.18. The minimum absolute atomic E-state index is 0.0576. The monoisotopic (exact) mass is 818 g/mol. The van der Waals surface area contributed by atoms with Gasteiger partial charge < -0.3 is 20.1 Å². The maximum atomic E-state index is 12.5. The molecule has 0 saturated heterocycles. The van der Waals surface area contributed by atoms with Crippen LogP contribution in [0, 0.1) is 0 Å². The minimum atomic E-state index is -4.36. The molecule has 0 saturated carbocycles. The summed E-state index contributed by atoms with van der Waals surface area (Å²) in [5.74, 6) is -0.824. The molecule has 2 atom stereocenters. The van der Waals surface area contributed by atoms with Gasteiger partial charge in [-0.05, 0) is 12.8 Å². The number of phosphoric ester groups is 1. The van der Waals surface area contributed by atoms with Crippen molar-refractivity contribution in [1.29, 1.82) is 0 Å². The van der Waals surface area contributed by atoms with Gasteiger partial charge in [-0.2, -0.15) is 0 Å². The summed E-state index contributed by atoms with van der Waals surface area (Å²) < 4.78 is 32.6. The van der Waals surface area contributed by atoms with Crippen LogP contribution in [-0.4, -0.2) is 49.3 Å². The fraction of sp³-hybridized carbons (Fsp3) is 0.957. The number of nitrogens with two attached hydrogens (primary N) is 1. The van der Waals surface area contributed by atoms with Crippen molar-refractivity contribution >= 4 is 19.8 Å². The summed E-state index contributed by atoms with van der Waals surface area (Å²) in [6.07, 6.45) is 44.9. The molecule has 0 aromatic heterocycles. The van der Waals surface area contributed by atoms with E-state index in [4.69, 9.17) is 24.3 Å². The lowest BCUT2D eigenvalue weighted by atomic mass is 10.0. The zero-order valence-corrected chi connectivity index (χ0v) is 37.8. The molecular formula is C46H92NO8P. The molecule has 0 bridgehead atoms. The van der Waals surface area contributed by atoms with Gasteiger partial charge in [-0.3, -0.25) is 18.6 Å². The number of carbonyl (C=O) groups excluding carboxylic acids is 2. The third-order valence-electron chi connectivity index (χ3n) is 10.7. The van der Waals surface area contributed by atoms with Crippen LogP contribution in [0.25, 0.3) is 0 Å². The Morgan fingerprint density at radius 3 is 1.09 bits per heavy atom. The zero-order valence-electron chi connectivity index (χ0n) is 36.9. The SMILES string of the molecule is CCCCCCCCCCCCCCCCCCCCCCCCCCCCCCCC(=O)OC(COC(=O)CCCCCCCC)COP(=O)(O)OCCN. The van der Waals surface area contributed by atoms with E-state index >= 15 is 0 Å². The molecule has 0 fully saturated rings. The van der Waals surface area contributed by atoms with E-state index < -0.39 is 26.5 Å². The highest BCUT2D eigenvalue weighted by atomic mass is 31.2. The predicted octanol–water partition coefficient (Wildman–Crippen LogP) is 14.0.